The number of phenolic OH excluding ortho intramolecular Hbond substituents is 2. The SMILES string of the molecule is CCc1c(O)cc(CCc2ccccc2)cc1O. The van der Waals surface area contributed by atoms with Gasteiger partial charge in [0, 0.05) is 5.56 Å². The van der Waals surface area contributed by atoms with E-state index in [9.17, 15) is 10.2 Å². The van der Waals surface area contributed by atoms with Crippen molar-refractivity contribution in [1.82, 2.24) is 0 Å². The third-order valence-electron chi connectivity index (χ3n) is 3.16. The average Bonchev–Trinajstić information content (AvgIpc) is 2.37. The number of phenols is 2. The Labute approximate surface area is 108 Å². The molecule has 0 amide bonds. The summed E-state index contributed by atoms with van der Waals surface area (Å²) in [7, 11) is 0. The number of hydrogen-bond donors (Lipinski definition) is 2. The topological polar surface area (TPSA) is 40.5 Å². The van der Waals surface area contributed by atoms with E-state index in [0.29, 0.717) is 12.0 Å². The third-order valence-corrected chi connectivity index (χ3v) is 3.16. The van der Waals surface area contributed by atoms with Crippen molar-refractivity contribution in [2.45, 2.75) is 26.2 Å². The Morgan fingerprint density at radius 2 is 1.39 bits per heavy atom. The Hall–Kier alpha value is -1.96. The van der Waals surface area contributed by atoms with Crippen LogP contribution in [0.2, 0.25) is 0 Å². The summed E-state index contributed by atoms with van der Waals surface area (Å²) in [6, 6.07) is 13.7. The number of rotatable bonds is 4. The number of hydrogen-bond acceptors (Lipinski definition) is 2. The van der Waals surface area contributed by atoms with Crippen molar-refractivity contribution in [3.05, 3.63) is 59.2 Å². The van der Waals surface area contributed by atoms with Crippen LogP contribution in [-0.2, 0) is 19.3 Å². The van der Waals surface area contributed by atoms with Crippen molar-refractivity contribution >= 4 is 0 Å². The first-order valence-corrected chi connectivity index (χ1v) is 6.28. The zero-order valence-corrected chi connectivity index (χ0v) is 10.6. The maximum absolute atomic E-state index is 9.81. The molecule has 2 nitrogen and oxygen atoms in total. The second kappa shape index (κ2) is 5.58. The van der Waals surface area contributed by atoms with Crippen molar-refractivity contribution in [2.24, 2.45) is 0 Å². The average molecular weight is 242 g/mol. The van der Waals surface area contributed by atoms with E-state index in [1.807, 2.05) is 25.1 Å². The van der Waals surface area contributed by atoms with E-state index in [0.717, 1.165) is 18.4 Å². The fourth-order valence-electron chi connectivity index (χ4n) is 2.14. The first-order valence-electron chi connectivity index (χ1n) is 6.28. The highest BCUT2D eigenvalue weighted by Crippen LogP contribution is 2.29. The maximum atomic E-state index is 9.81. The second-order valence-electron chi connectivity index (χ2n) is 4.45. The van der Waals surface area contributed by atoms with Crippen molar-refractivity contribution in [1.29, 1.82) is 0 Å². The van der Waals surface area contributed by atoms with Gasteiger partial charge in [-0.1, -0.05) is 37.3 Å². The molecule has 0 radical (unpaired) electrons. The predicted octanol–water partition coefficient (Wildman–Crippen LogP) is 3.45. The Kier molecular flexibility index (Phi) is 3.88. The zero-order valence-electron chi connectivity index (χ0n) is 10.6. The van der Waals surface area contributed by atoms with Gasteiger partial charge in [-0.2, -0.15) is 0 Å². The van der Waals surface area contributed by atoms with Crippen LogP contribution >= 0.6 is 0 Å². The first-order chi connectivity index (χ1) is 8.70. The lowest BCUT2D eigenvalue weighted by molar-refractivity contribution is 0.438. The van der Waals surface area contributed by atoms with Crippen molar-refractivity contribution < 1.29 is 10.2 Å². The van der Waals surface area contributed by atoms with E-state index in [1.54, 1.807) is 12.1 Å². The molecule has 0 saturated carbocycles. The molecule has 0 spiro atoms. The fourth-order valence-corrected chi connectivity index (χ4v) is 2.14. The third kappa shape index (κ3) is 2.83. The summed E-state index contributed by atoms with van der Waals surface area (Å²) >= 11 is 0. The van der Waals surface area contributed by atoms with Crippen LogP contribution < -0.4 is 0 Å². The highest BCUT2D eigenvalue weighted by molar-refractivity contribution is 5.46. The molecule has 0 saturated heterocycles. The Morgan fingerprint density at radius 1 is 0.833 bits per heavy atom. The standard InChI is InChI=1S/C16H18O2/c1-2-14-15(17)10-13(11-16(14)18)9-8-12-6-4-3-5-7-12/h3-7,10-11,17-18H,2,8-9H2,1H3. The minimum atomic E-state index is 0.195. The number of aryl methyl sites for hydroxylation is 2. The Morgan fingerprint density at radius 3 is 1.94 bits per heavy atom. The summed E-state index contributed by atoms with van der Waals surface area (Å²) in [4.78, 5) is 0. The molecule has 0 aliphatic rings. The summed E-state index contributed by atoms with van der Waals surface area (Å²) in [5, 5.41) is 19.6. The van der Waals surface area contributed by atoms with Crippen LogP contribution in [0.25, 0.3) is 0 Å². The largest absolute Gasteiger partial charge is 0.508 e. The summed E-state index contributed by atoms with van der Waals surface area (Å²) in [6.07, 6.45) is 2.36. The summed E-state index contributed by atoms with van der Waals surface area (Å²) in [5.41, 5.74) is 2.85. The molecule has 2 rings (SSSR count). The van der Waals surface area contributed by atoms with E-state index in [-0.39, 0.29) is 11.5 Å². The van der Waals surface area contributed by atoms with Gasteiger partial charge in [-0.15, -0.1) is 0 Å². The van der Waals surface area contributed by atoms with Gasteiger partial charge >= 0.3 is 0 Å². The molecule has 0 unspecified atom stereocenters. The molecule has 94 valence electrons. The van der Waals surface area contributed by atoms with Crippen LogP contribution in [0.15, 0.2) is 42.5 Å². The molecule has 0 aliphatic carbocycles. The molecule has 0 aromatic heterocycles. The van der Waals surface area contributed by atoms with Gasteiger partial charge in [-0.3, -0.25) is 0 Å². The van der Waals surface area contributed by atoms with Crippen LogP contribution in [0.5, 0.6) is 11.5 Å². The normalized spacial score (nSPS) is 10.5. The monoisotopic (exact) mass is 242 g/mol. The van der Waals surface area contributed by atoms with Gasteiger partial charge in [-0.05, 0) is 42.5 Å². The van der Waals surface area contributed by atoms with Crippen LogP contribution in [0, 0.1) is 0 Å². The minimum absolute atomic E-state index is 0.195. The maximum Gasteiger partial charge on any atom is 0.122 e. The lowest BCUT2D eigenvalue weighted by atomic mass is 10.0. The quantitative estimate of drug-likeness (QED) is 0.862. The highest BCUT2D eigenvalue weighted by Gasteiger charge is 2.07. The van der Waals surface area contributed by atoms with Crippen LogP contribution in [-0.4, -0.2) is 10.2 Å². The summed E-state index contributed by atoms with van der Waals surface area (Å²) in [5.74, 6) is 0.390. The molecule has 2 aromatic rings. The van der Waals surface area contributed by atoms with E-state index >= 15 is 0 Å². The number of aromatic hydroxyl groups is 2. The van der Waals surface area contributed by atoms with Gasteiger partial charge in [-0.25, -0.2) is 0 Å². The van der Waals surface area contributed by atoms with Gasteiger partial charge < -0.3 is 10.2 Å². The summed E-state index contributed by atoms with van der Waals surface area (Å²) < 4.78 is 0. The molecule has 0 fully saturated rings. The number of benzene rings is 2. The van der Waals surface area contributed by atoms with E-state index in [2.05, 4.69) is 12.1 Å². The second-order valence-corrected chi connectivity index (χ2v) is 4.45. The van der Waals surface area contributed by atoms with E-state index in [4.69, 9.17) is 0 Å². The van der Waals surface area contributed by atoms with Crippen molar-refractivity contribution in [3.8, 4) is 11.5 Å². The van der Waals surface area contributed by atoms with Gasteiger partial charge in [0.15, 0.2) is 0 Å². The molecule has 2 N–H and O–H groups in total. The zero-order chi connectivity index (χ0) is 13.0. The molecular formula is C16H18O2. The van der Waals surface area contributed by atoms with Gasteiger partial charge in [0.25, 0.3) is 0 Å². The predicted molar refractivity (Wildman–Crippen MR) is 73.0 cm³/mol. The van der Waals surface area contributed by atoms with Crippen LogP contribution in [0.4, 0.5) is 0 Å². The van der Waals surface area contributed by atoms with Crippen LogP contribution in [0.1, 0.15) is 23.6 Å². The molecule has 2 heteroatoms. The Balaban J connectivity index is 2.11. The van der Waals surface area contributed by atoms with Crippen molar-refractivity contribution in [3.63, 3.8) is 0 Å². The molecule has 0 aliphatic heterocycles. The van der Waals surface area contributed by atoms with Crippen molar-refractivity contribution in [2.75, 3.05) is 0 Å². The summed E-state index contributed by atoms with van der Waals surface area (Å²) in [6.45, 7) is 1.92. The van der Waals surface area contributed by atoms with Gasteiger partial charge in [0.05, 0.1) is 0 Å². The first kappa shape index (κ1) is 12.5. The van der Waals surface area contributed by atoms with Gasteiger partial charge in [0.1, 0.15) is 11.5 Å². The highest BCUT2D eigenvalue weighted by atomic mass is 16.3. The Bertz CT molecular complexity index is 495. The lowest BCUT2D eigenvalue weighted by Crippen LogP contribution is -1.93. The molecule has 0 bridgehead atoms. The van der Waals surface area contributed by atoms with E-state index in [1.165, 1.54) is 5.56 Å². The fraction of sp³-hybridized carbons (Fsp3) is 0.250. The molecular weight excluding hydrogens is 224 g/mol. The molecule has 0 atom stereocenters. The smallest absolute Gasteiger partial charge is 0.122 e. The molecule has 2 aromatic carbocycles. The van der Waals surface area contributed by atoms with Crippen LogP contribution in [0.3, 0.4) is 0 Å². The molecule has 0 heterocycles. The molecule has 18 heavy (non-hydrogen) atoms. The van der Waals surface area contributed by atoms with Gasteiger partial charge in [0.2, 0.25) is 0 Å². The van der Waals surface area contributed by atoms with E-state index < -0.39 is 0 Å². The minimum Gasteiger partial charge on any atom is -0.508 e. The lowest BCUT2D eigenvalue weighted by Gasteiger charge is -2.08.